The van der Waals surface area contributed by atoms with Gasteiger partial charge in [-0.05, 0) is 44.7 Å². The standard InChI is InChI=1S/C17H23N3O2S.ClH/c1-4-18-9-10-19-16(21)15-11-23-17(20-15)13-5-7-14(8-6-13)22-12(2)3;/h5-8,11-12,18H,4,9-10H2,1-3H3,(H,19,21);1H. The van der Waals surface area contributed by atoms with Crippen LogP contribution in [0.4, 0.5) is 0 Å². The summed E-state index contributed by atoms with van der Waals surface area (Å²) < 4.78 is 5.63. The van der Waals surface area contributed by atoms with Crippen LogP contribution in [0.3, 0.4) is 0 Å². The van der Waals surface area contributed by atoms with E-state index in [0.717, 1.165) is 29.4 Å². The maximum Gasteiger partial charge on any atom is 0.270 e. The van der Waals surface area contributed by atoms with E-state index in [-0.39, 0.29) is 24.4 Å². The number of amides is 1. The van der Waals surface area contributed by atoms with Crippen LogP contribution in [0.15, 0.2) is 29.6 Å². The zero-order valence-corrected chi connectivity index (χ0v) is 15.8. The van der Waals surface area contributed by atoms with E-state index in [9.17, 15) is 4.79 Å². The summed E-state index contributed by atoms with van der Waals surface area (Å²) in [5, 5.41) is 8.63. The Kier molecular flexibility index (Phi) is 8.74. The molecule has 7 heteroatoms. The van der Waals surface area contributed by atoms with Crippen LogP contribution in [0, 0.1) is 0 Å². The Balaban J connectivity index is 0.00000288. The van der Waals surface area contributed by atoms with E-state index in [1.807, 2.05) is 45.0 Å². The number of nitrogens with zero attached hydrogens (tertiary/aromatic N) is 1. The monoisotopic (exact) mass is 369 g/mol. The summed E-state index contributed by atoms with van der Waals surface area (Å²) in [6, 6.07) is 7.77. The number of benzene rings is 1. The molecule has 0 fully saturated rings. The van der Waals surface area contributed by atoms with Crippen LogP contribution in [0.1, 0.15) is 31.3 Å². The Morgan fingerprint density at radius 2 is 1.96 bits per heavy atom. The predicted molar refractivity (Wildman–Crippen MR) is 101 cm³/mol. The Bertz CT molecular complexity index is 629. The summed E-state index contributed by atoms with van der Waals surface area (Å²) in [7, 11) is 0. The molecule has 0 saturated heterocycles. The van der Waals surface area contributed by atoms with E-state index in [2.05, 4.69) is 15.6 Å². The minimum Gasteiger partial charge on any atom is -0.491 e. The van der Waals surface area contributed by atoms with Gasteiger partial charge in [-0.25, -0.2) is 4.98 Å². The highest BCUT2D eigenvalue weighted by Crippen LogP contribution is 2.26. The Morgan fingerprint density at radius 1 is 1.25 bits per heavy atom. The van der Waals surface area contributed by atoms with Gasteiger partial charge in [0.1, 0.15) is 16.5 Å². The SMILES string of the molecule is CCNCCNC(=O)c1csc(-c2ccc(OC(C)C)cc2)n1.Cl. The van der Waals surface area contributed by atoms with Gasteiger partial charge in [0.05, 0.1) is 6.10 Å². The lowest BCUT2D eigenvalue weighted by molar-refractivity contribution is 0.0949. The van der Waals surface area contributed by atoms with Crippen LogP contribution in [0.25, 0.3) is 10.6 Å². The van der Waals surface area contributed by atoms with Crippen molar-refractivity contribution >= 4 is 29.7 Å². The molecule has 2 aromatic rings. The highest BCUT2D eigenvalue weighted by Gasteiger charge is 2.11. The average Bonchev–Trinajstić information content (AvgIpc) is 3.01. The molecule has 1 aromatic heterocycles. The molecule has 0 radical (unpaired) electrons. The number of carbonyl (C=O) groups excluding carboxylic acids is 1. The number of ether oxygens (including phenoxy) is 1. The van der Waals surface area contributed by atoms with Gasteiger partial charge < -0.3 is 15.4 Å². The minimum atomic E-state index is -0.134. The van der Waals surface area contributed by atoms with E-state index >= 15 is 0 Å². The molecule has 2 N–H and O–H groups in total. The molecule has 1 amide bonds. The van der Waals surface area contributed by atoms with Crippen LogP contribution in [-0.4, -0.2) is 36.6 Å². The summed E-state index contributed by atoms with van der Waals surface area (Å²) >= 11 is 1.47. The molecule has 2 rings (SSSR count). The normalized spacial score (nSPS) is 10.3. The lowest BCUT2D eigenvalue weighted by Gasteiger charge is -2.09. The number of aromatic nitrogens is 1. The first-order valence-corrected chi connectivity index (χ1v) is 8.69. The highest BCUT2D eigenvalue weighted by atomic mass is 35.5. The number of thiazole rings is 1. The van der Waals surface area contributed by atoms with E-state index in [1.54, 1.807) is 5.38 Å². The van der Waals surface area contributed by atoms with Gasteiger partial charge in [-0.3, -0.25) is 4.79 Å². The Labute approximate surface area is 153 Å². The summed E-state index contributed by atoms with van der Waals surface area (Å²) in [6.45, 7) is 8.28. The lowest BCUT2D eigenvalue weighted by atomic mass is 10.2. The molecular weight excluding hydrogens is 346 g/mol. The van der Waals surface area contributed by atoms with Crippen molar-refractivity contribution in [3.8, 4) is 16.3 Å². The maximum absolute atomic E-state index is 12.0. The molecule has 0 saturated carbocycles. The number of likely N-dealkylation sites (N-methyl/N-ethyl adjacent to an activating group) is 1. The Morgan fingerprint density at radius 3 is 2.58 bits per heavy atom. The minimum absolute atomic E-state index is 0. The molecule has 1 heterocycles. The van der Waals surface area contributed by atoms with Gasteiger partial charge in [-0.2, -0.15) is 0 Å². The zero-order chi connectivity index (χ0) is 16.7. The molecule has 0 bridgehead atoms. The predicted octanol–water partition coefficient (Wildman–Crippen LogP) is 3.36. The first kappa shape index (κ1) is 20.4. The molecule has 0 unspecified atom stereocenters. The van der Waals surface area contributed by atoms with Gasteiger partial charge in [0.2, 0.25) is 0 Å². The second kappa shape index (κ2) is 10.3. The van der Waals surface area contributed by atoms with Gasteiger partial charge in [-0.15, -0.1) is 23.7 Å². The number of carbonyl (C=O) groups is 1. The van der Waals surface area contributed by atoms with E-state index in [4.69, 9.17) is 4.74 Å². The fraction of sp³-hybridized carbons (Fsp3) is 0.412. The van der Waals surface area contributed by atoms with Crippen molar-refractivity contribution in [1.29, 1.82) is 0 Å². The molecule has 0 aliphatic heterocycles. The first-order valence-electron chi connectivity index (χ1n) is 7.81. The van der Waals surface area contributed by atoms with Gasteiger partial charge in [0.25, 0.3) is 5.91 Å². The summed E-state index contributed by atoms with van der Waals surface area (Å²) in [6.07, 6.45) is 0.151. The molecular formula is C17H24ClN3O2S. The molecule has 5 nitrogen and oxygen atoms in total. The third-order valence-electron chi connectivity index (χ3n) is 3.05. The molecule has 24 heavy (non-hydrogen) atoms. The van der Waals surface area contributed by atoms with Crippen molar-refractivity contribution in [1.82, 2.24) is 15.6 Å². The molecule has 0 aliphatic carbocycles. The summed E-state index contributed by atoms with van der Waals surface area (Å²) in [5.41, 5.74) is 1.45. The van der Waals surface area contributed by atoms with Crippen LogP contribution in [0.5, 0.6) is 5.75 Å². The maximum atomic E-state index is 12.0. The molecule has 0 spiro atoms. The largest absolute Gasteiger partial charge is 0.491 e. The number of hydrogen-bond acceptors (Lipinski definition) is 5. The van der Waals surface area contributed by atoms with E-state index in [0.29, 0.717) is 12.2 Å². The second-order valence-electron chi connectivity index (χ2n) is 5.34. The van der Waals surface area contributed by atoms with Crippen LogP contribution in [0.2, 0.25) is 0 Å². The summed E-state index contributed by atoms with van der Waals surface area (Å²) in [5.74, 6) is 0.701. The fourth-order valence-electron chi connectivity index (χ4n) is 1.99. The van der Waals surface area contributed by atoms with E-state index < -0.39 is 0 Å². The number of halogens is 1. The summed E-state index contributed by atoms with van der Waals surface area (Å²) in [4.78, 5) is 16.4. The smallest absolute Gasteiger partial charge is 0.270 e. The second-order valence-corrected chi connectivity index (χ2v) is 6.20. The van der Waals surface area contributed by atoms with Crippen molar-refractivity contribution in [2.24, 2.45) is 0 Å². The topological polar surface area (TPSA) is 63.2 Å². The van der Waals surface area contributed by atoms with Crippen LogP contribution in [-0.2, 0) is 0 Å². The zero-order valence-electron chi connectivity index (χ0n) is 14.2. The van der Waals surface area contributed by atoms with Crippen LogP contribution >= 0.6 is 23.7 Å². The molecule has 1 aromatic carbocycles. The highest BCUT2D eigenvalue weighted by molar-refractivity contribution is 7.13. The quantitative estimate of drug-likeness (QED) is 0.700. The van der Waals surface area contributed by atoms with Crippen molar-refractivity contribution < 1.29 is 9.53 Å². The number of hydrogen-bond donors (Lipinski definition) is 2. The number of nitrogens with one attached hydrogen (secondary N) is 2. The first-order chi connectivity index (χ1) is 11.1. The average molecular weight is 370 g/mol. The molecule has 0 atom stereocenters. The third-order valence-corrected chi connectivity index (χ3v) is 3.94. The molecule has 132 valence electrons. The van der Waals surface area contributed by atoms with Gasteiger partial charge in [0, 0.05) is 24.0 Å². The Hall–Kier alpha value is -1.63. The van der Waals surface area contributed by atoms with Crippen molar-refractivity contribution in [2.45, 2.75) is 26.9 Å². The van der Waals surface area contributed by atoms with Gasteiger partial charge in [-0.1, -0.05) is 6.92 Å². The van der Waals surface area contributed by atoms with Crippen molar-refractivity contribution in [2.75, 3.05) is 19.6 Å². The molecule has 0 aliphatic rings. The van der Waals surface area contributed by atoms with Crippen molar-refractivity contribution in [3.63, 3.8) is 0 Å². The van der Waals surface area contributed by atoms with Gasteiger partial charge in [0.15, 0.2) is 0 Å². The lowest BCUT2D eigenvalue weighted by Crippen LogP contribution is -2.31. The van der Waals surface area contributed by atoms with Crippen molar-refractivity contribution in [3.05, 3.63) is 35.3 Å². The van der Waals surface area contributed by atoms with Gasteiger partial charge >= 0.3 is 0 Å². The van der Waals surface area contributed by atoms with E-state index in [1.165, 1.54) is 11.3 Å². The fourth-order valence-corrected chi connectivity index (χ4v) is 2.80. The van der Waals surface area contributed by atoms with Crippen LogP contribution < -0.4 is 15.4 Å². The third kappa shape index (κ3) is 6.11. The number of rotatable bonds is 8.